The first-order valence-corrected chi connectivity index (χ1v) is 6.89. The van der Waals surface area contributed by atoms with Crippen molar-refractivity contribution in [2.45, 2.75) is 40.2 Å². The van der Waals surface area contributed by atoms with E-state index in [0.29, 0.717) is 12.4 Å². The second-order valence-corrected chi connectivity index (χ2v) is 4.87. The predicted octanol–water partition coefficient (Wildman–Crippen LogP) is 2.64. The van der Waals surface area contributed by atoms with Gasteiger partial charge in [-0.3, -0.25) is 4.98 Å². The number of rotatable bonds is 5. The summed E-state index contributed by atoms with van der Waals surface area (Å²) in [5.41, 5.74) is 8.82. The third-order valence-corrected chi connectivity index (χ3v) is 3.09. The first-order chi connectivity index (χ1) is 9.60. The highest BCUT2D eigenvalue weighted by atomic mass is 15.1. The minimum atomic E-state index is 0.545. The molecule has 0 amide bonds. The van der Waals surface area contributed by atoms with E-state index < -0.39 is 0 Å². The molecule has 0 fully saturated rings. The second kappa shape index (κ2) is 6.32. The number of aryl methyl sites for hydroxylation is 2. The zero-order valence-electron chi connectivity index (χ0n) is 12.3. The number of hydrogen-bond acceptors (Lipinski definition) is 5. The van der Waals surface area contributed by atoms with Crippen molar-refractivity contribution >= 4 is 11.6 Å². The lowest BCUT2D eigenvalue weighted by molar-refractivity contribution is 0.832. The van der Waals surface area contributed by atoms with Gasteiger partial charge in [0.25, 0.3) is 0 Å². The highest BCUT2D eigenvalue weighted by molar-refractivity contribution is 5.54. The minimum Gasteiger partial charge on any atom is -0.383 e. The molecule has 2 aromatic heterocycles. The molecule has 0 unspecified atom stereocenters. The van der Waals surface area contributed by atoms with E-state index in [1.165, 1.54) is 0 Å². The van der Waals surface area contributed by atoms with E-state index in [0.717, 1.165) is 41.4 Å². The zero-order chi connectivity index (χ0) is 14.5. The molecule has 0 atom stereocenters. The van der Waals surface area contributed by atoms with Crippen LogP contribution in [0.4, 0.5) is 11.6 Å². The summed E-state index contributed by atoms with van der Waals surface area (Å²) in [6, 6.07) is 5.98. The van der Waals surface area contributed by atoms with Crippen LogP contribution in [0.25, 0.3) is 0 Å². The van der Waals surface area contributed by atoms with Gasteiger partial charge in [0, 0.05) is 17.7 Å². The highest BCUT2D eigenvalue weighted by Crippen LogP contribution is 2.18. The van der Waals surface area contributed by atoms with E-state index in [9.17, 15) is 0 Å². The zero-order valence-corrected chi connectivity index (χ0v) is 12.3. The number of anilines is 2. The van der Waals surface area contributed by atoms with E-state index in [2.05, 4.69) is 27.2 Å². The number of nitrogen functional groups attached to an aromatic ring is 1. The topological polar surface area (TPSA) is 76.7 Å². The smallest absolute Gasteiger partial charge is 0.135 e. The molecule has 2 aromatic rings. The lowest BCUT2D eigenvalue weighted by Gasteiger charge is -2.11. The van der Waals surface area contributed by atoms with Crippen molar-refractivity contribution in [1.29, 1.82) is 0 Å². The Balaban J connectivity index is 2.16. The molecule has 3 N–H and O–H groups in total. The molecule has 0 saturated carbocycles. The van der Waals surface area contributed by atoms with Crippen molar-refractivity contribution in [2.24, 2.45) is 0 Å². The molecule has 106 valence electrons. The number of nitrogens with two attached hydrogens (primary N) is 1. The summed E-state index contributed by atoms with van der Waals surface area (Å²) in [7, 11) is 0. The summed E-state index contributed by atoms with van der Waals surface area (Å²) in [4.78, 5) is 13.3. The lowest BCUT2D eigenvalue weighted by Crippen LogP contribution is -2.10. The molecule has 0 aliphatic carbocycles. The number of nitrogens with zero attached hydrogens (tertiary/aromatic N) is 3. The average Bonchev–Trinajstić information content (AvgIpc) is 2.41. The molecule has 5 nitrogen and oxygen atoms in total. The molecular formula is C15H21N5. The third kappa shape index (κ3) is 3.44. The Hall–Kier alpha value is -2.17. The second-order valence-electron chi connectivity index (χ2n) is 4.87. The molecule has 0 saturated heterocycles. The van der Waals surface area contributed by atoms with Crippen molar-refractivity contribution < 1.29 is 0 Å². The molecule has 0 radical (unpaired) electrons. The summed E-state index contributed by atoms with van der Waals surface area (Å²) >= 11 is 0. The van der Waals surface area contributed by atoms with E-state index >= 15 is 0 Å². The van der Waals surface area contributed by atoms with Crippen LogP contribution in [0.5, 0.6) is 0 Å². The predicted molar refractivity (Wildman–Crippen MR) is 81.5 cm³/mol. The van der Waals surface area contributed by atoms with Crippen LogP contribution in [0.3, 0.4) is 0 Å². The summed E-state index contributed by atoms with van der Waals surface area (Å²) in [6.45, 7) is 6.64. The van der Waals surface area contributed by atoms with Gasteiger partial charge in [-0.2, -0.15) is 0 Å². The molecule has 5 heteroatoms. The molecule has 0 aromatic carbocycles. The van der Waals surface area contributed by atoms with Crippen LogP contribution in [0, 0.1) is 13.8 Å². The molecule has 0 bridgehead atoms. The van der Waals surface area contributed by atoms with E-state index in [1.807, 2.05) is 32.0 Å². The van der Waals surface area contributed by atoms with Crippen LogP contribution in [-0.4, -0.2) is 15.0 Å². The van der Waals surface area contributed by atoms with Crippen molar-refractivity contribution in [3.63, 3.8) is 0 Å². The monoisotopic (exact) mass is 271 g/mol. The average molecular weight is 271 g/mol. The SMILES string of the molecule is CCCc1nc(N)c(C)c(NCc2cccc(C)n2)n1. The first-order valence-electron chi connectivity index (χ1n) is 6.89. The maximum Gasteiger partial charge on any atom is 0.135 e. The van der Waals surface area contributed by atoms with Gasteiger partial charge in [0.2, 0.25) is 0 Å². The van der Waals surface area contributed by atoms with Crippen molar-refractivity contribution in [3.8, 4) is 0 Å². The Kier molecular flexibility index (Phi) is 4.50. The first kappa shape index (κ1) is 14.2. The maximum atomic E-state index is 5.94. The Morgan fingerprint density at radius 1 is 1.15 bits per heavy atom. The highest BCUT2D eigenvalue weighted by Gasteiger charge is 2.08. The number of nitrogens with one attached hydrogen (secondary N) is 1. The van der Waals surface area contributed by atoms with Gasteiger partial charge in [0.05, 0.1) is 12.2 Å². The molecule has 20 heavy (non-hydrogen) atoms. The Bertz CT molecular complexity index is 595. The van der Waals surface area contributed by atoms with Crippen molar-refractivity contribution in [2.75, 3.05) is 11.1 Å². The van der Waals surface area contributed by atoms with Crippen LogP contribution in [0.15, 0.2) is 18.2 Å². The molecule has 2 rings (SSSR count). The summed E-state index contributed by atoms with van der Waals surface area (Å²) < 4.78 is 0. The van der Waals surface area contributed by atoms with Gasteiger partial charge in [-0.05, 0) is 32.4 Å². The summed E-state index contributed by atoms with van der Waals surface area (Å²) in [5.74, 6) is 2.13. The van der Waals surface area contributed by atoms with Crippen LogP contribution < -0.4 is 11.1 Å². The fourth-order valence-corrected chi connectivity index (χ4v) is 1.96. The van der Waals surface area contributed by atoms with Gasteiger partial charge in [0.1, 0.15) is 17.5 Å². The van der Waals surface area contributed by atoms with E-state index in [1.54, 1.807) is 0 Å². The molecule has 0 spiro atoms. The lowest BCUT2D eigenvalue weighted by atomic mass is 10.2. The largest absolute Gasteiger partial charge is 0.383 e. The van der Waals surface area contributed by atoms with Crippen molar-refractivity contribution in [1.82, 2.24) is 15.0 Å². The van der Waals surface area contributed by atoms with Gasteiger partial charge in [-0.25, -0.2) is 9.97 Å². The van der Waals surface area contributed by atoms with Crippen LogP contribution in [0.2, 0.25) is 0 Å². The summed E-state index contributed by atoms with van der Waals surface area (Å²) in [6.07, 6.45) is 1.84. The number of hydrogen-bond donors (Lipinski definition) is 2. The number of pyridine rings is 1. The third-order valence-electron chi connectivity index (χ3n) is 3.09. The molecular weight excluding hydrogens is 250 g/mol. The van der Waals surface area contributed by atoms with Crippen LogP contribution >= 0.6 is 0 Å². The fourth-order valence-electron chi connectivity index (χ4n) is 1.96. The normalized spacial score (nSPS) is 10.6. The van der Waals surface area contributed by atoms with E-state index in [-0.39, 0.29) is 0 Å². The van der Waals surface area contributed by atoms with Gasteiger partial charge >= 0.3 is 0 Å². The van der Waals surface area contributed by atoms with Crippen LogP contribution in [-0.2, 0) is 13.0 Å². The molecule has 0 aliphatic rings. The standard InChI is InChI=1S/C15H21N5/c1-4-6-13-19-14(16)11(3)15(20-13)17-9-12-8-5-7-10(2)18-12/h5,7-8H,4,6,9H2,1-3H3,(H3,16,17,19,20). The van der Waals surface area contributed by atoms with Gasteiger partial charge in [-0.15, -0.1) is 0 Å². The van der Waals surface area contributed by atoms with Crippen molar-refractivity contribution in [3.05, 3.63) is 41.0 Å². The van der Waals surface area contributed by atoms with E-state index in [4.69, 9.17) is 5.73 Å². The minimum absolute atomic E-state index is 0.545. The fraction of sp³-hybridized carbons (Fsp3) is 0.400. The van der Waals surface area contributed by atoms with Gasteiger partial charge in [-0.1, -0.05) is 13.0 Å². The summed E-state index contributed by atoms with van der Waals surface area (Å²) in [5, 5.41) is 3.30. The molecule has 0 aliphatic heterocycles. The Morgan fingerprint density at radius 2 is 1.95 bits per heavy atom. The maximum absolute atomic E-state index is 5.94. The van der Waals surface area contributed by atoms with Gasteiger partial charge in [0.15, 0.2) is 0 Å². The van der Waals surface area contributed by atoms with Gasteiger partial charge < -0.3 is 11.1 Å². The Labute approximate surface area is 119 Å². The Morgan fingerprint density at radius 3 is 2.65 bits per heavy atom. The number of aromatic nitrogens is 3. The molecule has 2 heterocycles. The quantitative estimate of drug-likeness (QED) is 0.874. The van der Waals surface area contributed by atoms with Crippen LogP contribution in [0.1, 0.15) is 36.1 Å².